The monoisotopic (exact) mass is 267 g/mol. The van der Waals surface area contributed by atoms with E-state index in [1.807, 2.05) is 6.92 Å². The van der Waals surface area contributed by atoms with Crippen LogP contribution in [0.1, 0.15) is 15.4 Å². The predicted molar refractivity (Wildman–Crippen MR) is 66.6 cm³/mol. The third-order valence-electron chi connectivity index (χ3n) is 2.00. The Hall–Kier alpha value is -1.60. The maximum atomic E-state index is 10.9. The lowest BCUT2D eigenvalue weighted by Crippen LogP contribution is -2.03. The Morgan fingerprint density at radius 3 is 2.82 bits per heavy atom. The quantitative estimate of drug-likeness (QED) is 0.829. The minimum atomic E-state index is -1.03. The molecule has 1 heterocycles. The van der Waals surface area contributed by atoms with Crippen LogP contribution in [-0.4, -0.2) is 21.3 Å². The van der Waals surface area contributed by atoms with Gasteiger partial charge in [0.15, 0.2) is 4.34 Å². The van der Waals surface area contributed by atoms with Crippen molar-refractivity contribution in [2.45, 2.75) is 16.2 Å². The number of nitrogen functional groups attached to an aromatic ring is 1. The van der Waals surface area contributed by atoms with Crippen LogP contribution in [0.25, 0.3) is 0 Å². The van der Waals surface area contributed by atoms with Gasteiger partial charge in [0.25, 0.3) is 0 Å². The number of nitrogens with two attached hydrogens (primary N) is 1. The summed E-state index contributed by atoms with van der Waals surface area (Å²) in [6, 6.07) is 4.91. The number of hydrogen-bond donors (Lipinski definition) is 2. The summed E-state index contributed by atoms with van der Waals surface area (Å²) in [5, 5.41) is 17.7. The number of hydrogen-bond acceptors (Lipinski definition) is 6. The van der Waals surface area contributed by atoms with E-state index in [4.69, 9.17) is 10.8 Å². The van der Waals surface area contributed by atoms with Crippen LogP contribution < -0.4 is 5.73 Å². The largest absolute Gasteiger partial charge is 0.478 e. The van der Waals surface area contributed by atoms with Crippen molar-refractivity contribution in [1.29, 1.82) is 0 Å². The van der Waals surface area contributed by atoms with Gasteiger partial charge < -0.3 is 10.8 Å². The number of nitrogens with zero attached hydrogens (tertiary/aromatic N) is 2. The van der Waals surface area contributed by atoms with Gasteiger partial charge in [-0.3, -0.25) is 0 Å². The fourth-order valence-corrected chi connectivity index (χ4v) is 3.08. The minimum Gasteiger partial charge on any atom is -0.478 e. The second-order valence-electron chi connectivity index (χ2n) is 3.21. The van der Waals surface area contributed by atoms with Gasteiger partial charge in [0, 0.05) is 4.90 Å². The lowest BCUT2D eigenvalue weighted by Gasteiger charge is -2.05. The highest BCUT2D eigenvalue weighted by molar-refractivity contribution is 8.01. The van der Waals surface area contributed by atoms with Gasteiger partial charge in [-0.05, 0) is 19.1 Å². The summed E-state index contributed by atoms with van der Waals surface area (Å²) in [7, 11) is 0. The molecule has 0 aliphatic heterocycles. The third-order valence-corrected chi connectivity index (χ3v) is 3.97. The first-order valence-corrected chi connectivity index (χ1v) is 6.31. The van der Waals surface area contributed by atoms with Crippen molar-refractivity contribution in [1.82, 2.24) is 10.2 Å². The van der Waals surface area contributed by atoms with Gasteiger partial charge in [0.1, 0.15) is 5.01 Å². The van der Waals surface area contributed by atoms with Crippen molar-refractivity contribution >= 4 is 34.8 Å². The van der Waals surface area contributed by atoms with E-state index in [1.165, 1.54) is 29.2 Å². The highest BCUT2D eigenvalue weighted by Crippen LogP contribution is 2.35. The highest BCUT2D eigenvalue weighted by atomic mass is 32.2. The van der Waals surface area contributed by atoms with Crippen LogP contribution in [0.4, 0.5) is 5.69 Å². The number of rotatable bonds is 3. The van der Waals surface area contributed by atoms with Crippen LogP contribution in [0.2, 0.25) is 0 Å². The minimum absolute atomic E-state index is 0.108. The normalized spacial score (nSPS) is 10.4. The molecule has 0 atom stereocenters. The number of aromatic nitrogens is 2. The van der Waals surface area contributed by atoms with Gasteiger partial charge in [0.2, 0.25) is 0 Å². The molecular weight excluding hydrogens is 258 g/mol. The molecule has 2 rings (SSSR count). The number of anilines is 1. The summed E-state index contributed by atoms with van der Waals surface area (Å²) in [6.45, 7) is 1.86. The first kappa shape index (κ1) is 11.9. The molecule has 0 unspecified atom stereocenters. The van der Waals surface area contributed by atoms with Gasteiger partial charge in [-0.25, -0.2) is 4.79 Å². The number of benzene rings is 1. The standard InChI is InChI=1S/C10H9N3O2S2/c1-5-12-13-10(16-5)17-7-4-2-3-6(8(7)11)9(14)15/h2-4H,11H2,1H3,(H,14,15). The Morgan fingerprint density at radius 1 is 1.47 bits per heavy atom. The van der Waals surface area contributed by atoms with E-state index in [-0.39, 0.29) is 11.3 Å². The van der Waals surface area contributed by atoms with Crippen molar-refractivity contribution in [3.63, 3.8) is 0 Å². The summed E-state index contributed by atoms with van der Waals surface area (Å²) in [5.74, 6) is -1.03. The molecule has 0 spiro atoms. The van der Waals surface area contributed by atoms with Crippen molar-refractivity contribution in [3.8, 4) is 0 Å². The average molecular weight is 267 g/mol. The maximum Gasteiger partial charge on any atom is 0.337 e. The fraction of sp³-hybridized carbons (Fsp3) is 0.100. The Balaban J connectivity index is 2.33. The van der Waals surface area contributed by atoms with Crippen LogP contribution >= 0.6 is 23.1 Å². The second kappa shape index (κ2) is 4.72. The molecule has 0 bridgehead atoms. The first-order chi connectivity index (χ1) is 8.08. The zero-order valence-electron chi connectivity index (χ0n) is 8.88. The molecule has 0 aliphatic carbocycles. The summed E-state index contributed by atoms with van der Waals surface area (Å²) in [5.41, 5.74) is 6.16. The first-order valence-electron chi connectivity index (χ1n) is 4.67. The zero-order chi connectivity index (χ0) is 12.4. The molecule has 5 nitrogen and oxygen atoms in total. The van der Waals surface area contributed by atoms with Gasteiger partial charge in [0.05, 0.1) is 11.3 Å². The van der Waals surface area contributed by atoms with E-state index >= 15 is 0 Å². The van der Waals surface area contributed by atoms with E-state index in [9.17, 15) is 4.79 Å². The molecule has 1 aromatic carbocycles. The van der Waals surface area contributed by atoms with Gasteiger partial charge >= 0.3 is 5.97 Å². The third kappa shape index (κ3) is 2.56. The van der Waals surface area contributed by atoms with Crippen LogP contribution in [-0.2, 0) is 0 Å². The van der Waals surface area contributed by atoms with E-state index in [0.717, 1.165) is 9.35 Å². The molecule has 0 saturated heterocycles. The van der Waals surface area contributed by atoms with Gasteiger partial charge in [-0.2, -0.15) is 0 Å². The number of carbonyl (C=O) groups is 1. The number of aryl methyl sites for hydroxylation is 1. The van der Waals surface area contributed by atoms with Crippen LogP contribution in [0.3, 0.4) is 0 Å². The summed E-state index contributed by atoms with van der Waals surface area (Å²) in [4.78, 5) is 11.6. The molecule has 7 heteroatoms. The molecular formula is C10H9N3O2S2. The van der Waals surface area contributed by atoms with E-state index in [2.05, 4.69) is 10.2 Å². The molecule has 0 saturated carbocycles. The van der Waals surface area contributed by atoms with Crippen LogP contribution in [0.5, 0.6) is 0 Å². The zero-order valence-corrected chi connectivity index (χ0v) is 10.5. The van der Waals surface area contributed by atoms with Crippen molar-refractivity contribution in [3.05, 3.63) is 28.8 Å². The maximum absolute atomic E-state index is 10.9. The number of para-hydroxylation sites is 1. The summed E-state index contributed by atoms with van der Waals surface area (Å²) < 4.78 is 0.747. The average Bonchev–Trinajstić information content (AvgIpc) is 2.67. The number of carboxylic acid groups (broad SMARTS) is 1. The second-order valence-corrected chi connectivity index (χ2v) is 5.68. The van der Waals surface area contributed by atoms with Crippen molar-refractivity contribution < 1.29 is 9.90 Å². The van der Waals surface area contributed by atoms with Crippen LogP contribution in [0, 0.1) is 6.92 Å². The summed E-state index contributed by atoms with van der Waals surface area (Å²) in [6.07, 6.45) is 0. The Morgan fingerprint density at radius 2 is 2.24 bits per heavy atom. The summed E-state index contributed by atoms with van der Waals surface area (Å²) >= 11 is 2.77. The number of carboxylic acids is 1. The molecule has 88 valence electrons. The SMILES string of the molecule is Cc1nnc(Sc2cccc(C(=O)O)c2N)s1. The molecule has 0 aliphatic rings. The smallest absolute Gasteiger partial charge is 0.337 e. The van der Waals surface area contributed by atoms with Gasteiger partial charge in [-0.1, -0.05) is 29.2 Å². The fourth-order valence-electron chi connectivity index (χ4n) is 1.23. The van der Waals surface area contributed by atoms with Gasteiger partial charge in [-0.15, -0.1) is 10.2 Å². The van der Waals surface area contributed by atoms with Crippen LogP contribution in [0.15, 0.2) is 27.4 Å². The highest BCUT2D eigenvalue weighted by Gasteiger charge is 2.13. The Kier molecular flexibility index (Phi) is 3.30. The predicted octanol–water partition coefficient (Wildman–Crippen LogP) is 2.28. The molecule has 0 amide bonds. The molecule has 17 heavy (non-hydrogen) atoms. The molecule has 0 radical (unpaired) electrons. The Bertz CT molecular complexity index is 568. The molecule has 0 fully saturated rings. The molecule has 2 aromatic rings. The Labute approximate surface area is 106 Å². The van der Waals surface area contributed by atoms with E-state index < -0.39 is 5.97 Å². The van der Waals surface area contributed by atoms with Crippen molar-refractivity contribution in [2.24, 2.45) is 0 Å². The topological polar surface area (TPSA) is 89.1 Å². The lowest BCUT2D eigenvalue weighted by molar-refractivity contribution is 0.0698. The van der Waals surface area contributed by atoms with Crippen molar-refractivity contribution in [2.75, 3.05) is 5.73 Å². The molecule has 3 N–H and O–H groups in total. The number of aromatic carboxylic acids is 1. The lowest BCUT2D eigenvalue weighted by atomic mass is 10.2. The van der Waals surface area contributed by atoms with E-state index in [0.29, 0.717) is 4.90 Å². The van der Waals surface area contributed by atoms with E-state index in [1.54, 1.807) is 12.1 Å². The molecule has 1 aromatic heterocycles.